The van der Waals surface area contributed by atoms with Crippen molar-refractivity contribution in [3.05, 3.63) is 71.8 Å². The summed E-state index contributed by atoms with van der Waals surface area (Å²) in [6, 6.07) is 5.35. The minimum atomic E-state index is -10.8. The molecule has 3 aromatic carbocycles. The number of hydrogen-bond donors (Lipinski definition) is 0. The van der Waals surface area contributed by atoms with E-state index >= 15 is 0 Å². The van der Waals surface area contributed by atoms with Gasteiger partial charge in [0.2, 0.25) is 0 Å². The van der Waals surface area contributed by atoms with E-state index in [0.29, 0.717) is 35.2 Å². The van der Waals surface area contributed by atoms with Crippen LogP contribution in [-0.4, -0.2) is 8.75 Å². The second-order valence-corrected chi connectivity index (χ2v) is 19.3. The number of halogens is 16. The van der Waals surface area contributed by atoms with E-state index in [0.717, 1.165) is 22.7 Å². The lowest BCUT2D eigenvalue weighted by Crippen LogP contribution is -2.16. The van der Waals surface area contributed by atoms with E-state index in [-0.39, 0.29) is 77.3 Å². The summed E-state index contributed by atoms with van der Waals surface area (Å²) in [4.78, 5) is -5.87. The average Bonchev–Trinajstić information content (AvgIpc) is 3.83. The summed E-state index contributed by atoms with van der Waals surface area (Å²) in [5.41, 5.74) is -5.25. The minimum Gasteiger partial charge on any atom is -0.172 e. The first kappa shape index (κ1) is 38.6. The number of thiophene rings is 2. The number of aromatic nitrogens is 2. The highest BCUT2D eigenvalue weighted by molar-refractivity contribution is 8.46. The molecule has 6 aromatic rings. The van der Waals surface area contributed by atoms with Crippen LogP contribution < -0.4 is 0 Å². The van der Waals surface area contributed by atoms with E-state index in [1.165, 1.54) is 24.3 Å². The molecule has 290 valence electrons. The predicted molar refractivity (Wildman–Crippen MR) is 179 cm³/mol. The maximum atomic E-state index is 13.6. The van der Waals surface area contributed by atoms with Gasteiger partial charge in [0.15, 0.2) is 0 Å². The number of alkyl halides is 6. The van der Waals surface area contributed by atoms with Crippen LogP contribution in [0.15, 0.2) is 79.2 Å². The number of fused-ring (bicyclic) bond motifs is 2. The summed E-state index contributed by atoms with van der Waals surface area (Å²) >= 11 is 2.81. The zero-order valence-corrected chi connectivity index (χ0v) is 30.0. The third-order valence-electron chi connectivity index (χ3n) is 7.60. The Bertz CT molecular complexity index is 2470. The summed E-state index contributed by atoms with van der Waals surface area (Å²) in [6.07, 6.45) is -11.6. The van der Waals surface area contributed by atoms with Gasteiger partial charge >= 0.3 is 32.8 Å². The van der Waals surface area contributed by atoms with Crippen molar-refractivity contribution >= 4 is 88.6 Å². The largest absolute Gasteiger partial charge is 0.417 e. The Morgan fingerprint density at radius 3 is 1.15 bits per heavy atom. The fraction of sp³-hybridized carbons (Fsp3) is 0.0714. The van der Waals surface area contributed by atoms with E-state index in [1.54, 1.807) is 0 Å². The lowest BCUT2D eigenvalue weighted by molar-refractivity contribution is -0.141. The first-order valence-electron chi connectivity index (χ1n) is 13.8. The molecule has 4 heterocycles. The number of rotatable bonds is 6. The Labute approximate surface area is 305 Å². The van der Waals surface area contributed by atoms with Crippen LogP contribution in [0.5, 0.6) is 0 Å². The van der Waals surface area contributed by atoms with Gasteiger partial charge in [-0.15, -0.1) is 22.7 Å². The van der Waals surface area contributed by atoms with Crippen LogP contribution >= 0.6 is 54.8 Å². The van der Waals surface area contributed by atoms with E-state index in [4.69, 9.17) is 0 Å². The molecule has 54 heavy (non-hydrogen) atoms. The van der Waals surface area contributed by atoms with Gasteiger partial charge < -0.3 is 0 Å². The Morgan fingerprint density at radius 1 is 0.463 bits per heavy atom. The molecule has 0 amide bonds. The first-order chi connectivity index (χ1) is 24.3. The Kier molecular flexibility index (Phi) is 7.54. The smallest absolute Gasteiger partial charge is 0.172 e. The molecule has 0 fully saturated rings. The van der Waals surface area contributed by atoms with E-state index in [9.17, 15) is 65.2 Å². The van der Waals surface area contributed by atoms with Gasteiger partial charge in [-0.2, -0.15) is 43.8 Å². The summed E-state index contributed by atoms with van der Waals surface area (Å²) < 4.78 is 234. The molecule has 0 unspecified atom stereocenters. The minimum absolute atomic E-state index is 0.0402. The van der Waals surface area contributed by atoms with Crippen molar-refractivity contribution in [1.29, 1.82) is 0 Å². The van der Waals surface area contributed by atoms with E-state index in [2.05, 4.69) is 17.5 Å². The fourth-order valence-electron chi connectivity index (χ4n) is 5.46. The molecule has 1 aliphatic heterocycles. The molecule has 0 N–H and O–H groups in total. The van der Waals surface area contributed by atoms with Gasteiger partial charge in [0, 0.05) is 30.6 Å². The monoisotopic (exact) mass is 898 g/mol. The molecule has 0 saturated carbocycles. The molecule has 4 nitrogen and oxygen atoms in total. The highest BCUT2D eigenvalue weighted by Crippen LogP contribution is 3.03. The topological polar surface area (TPSA) is 50.5 Å². The molecular weight excluding hydrogens is 889 g/mol. The Morgan fingerprint density at radius 2 is 0.815 bits per heavy atom. The molecule has 7 rings (SSSR count). The summed E-state index contributed by atoms with van der Waals surface area (Å²) in [7, 11) is -21.5. The van der Waals surface area contributed by atoms with E-state index < -0.39 is 64.8 Å². The van der Waals surface area contributed by atoms with Crippen molar-refractivity contribution in [2.45, 2.75) is 22.1 Å². The highest BCUT2D eigenvalue weighted by atomic mass is 32.5. The Balaban J connectivity index is 1.33. The van der Waals surface area contributed by atoms with Crippen molar-refractivity contribution in [2.75, 3.05) is 0 Å². The number of nitrogens with zero attached hydrogens (tertiary/aromatic N) is 4. The van der Waals surface area contributed by atoms with Crippen molar-refractivity contribution in [3.63, 3.8) is 0 Å². The van der Waals surface area contributed by atoms with Crippen LogP contribution in [-0.2, 0) is 23.7 Å². The van der Waals surface area contributed by atoms with Gasteiger partial charge in [0.25, 0.3) is 0 Å². The highest BCUT2D eigenvalue weighted by Gasteiger charge is 2.69. The van der Waals surface area contributed by atoms with Crippen molar-refractivity contribution < 1.29 is 65.2 Å². The van der Waals surface area contributed by atoms with Crippen LogP contribution in [0.3, 0.4) is 0 Å². The molecule has 0 spiro atoms. The normalized spacial score (nSPS) is 16.4. The SMILES string of the molecule is FC(F)(F)c1cc(-c2ccc(-c3c4c(c(-c5ccc(-c6ccc(S(F)(F)(F)(F)F)c(C(F)(F)F)c6)s5)c5nsnc35)N=S=N4)s2)ccc1S(F)(F)(F)(F)F. The molecule has 3 aromatic heterocycles. The Hall–Kier alpha value is -3.72. The van der Waals surface area contributed by atoms with Crippen molar-refractivity contribution in [2.24, 2.45) is 8.73 Å². The van der Waals surface area contributed by atoms with Crippen LogP contribution in [0.2, 0.25) is 0 Å². The lowest BCUT2D eigenvalue weighted by atomic mass is 10.0. The number of hydrogen-bond acceptors (Lipinski definition) is 7. The van der Waals surface area contributed by atoms with Crippen molar-refractivity contribution in [1.82, 2.24) is 8.75 Å². The average molecular weight is 899 g/mol. The van der Waals surface area contributed by atoms with Gasteiger partial charge in [-0.05, 0) is 59.7 Å². The summed E-state index contributed by atoms with van der Waals surface area (Å²) in [5, 5.41) is 0. The molecule has 0 aliphatic carbocycles. The molecule has 0 atom stereocenters. The quantitative estimate of drug-likeness (QED) is 0.156. The molecule has 26 heteroatoms. The van der Waals surface area contributed by atoms with Crippen LogP contribution in [0.1, 0.15) is 11.1 Å². The van der Waals surface area contributed by atoms with Gasteiger partial charge in [-0.3, -0.25) is 0 Å². The summed E-state index contributed by atoms with van der Waals surface area (Å²) in [6.45, 7) is 0. The standard InChI is InChI=1S/C28H10F16N4S6/c29-27(30,31)13-9-11(1-7-19(13)53(35,36,37,38)39)15-3-5-17(49-15)21-23-25(47-51-45-23)22(26-24(21)46-52-48-26)18-6-4-16(50-18)12-2-8-20(54(40,41,42,43)44)14(10-12)28(32,33)34/h1-10H. The van der Waals surface area contributed by atoms with Crippen LogP contribution in [0, 0.1) is 0 Å². The van der Waals surface area contributed by atoms with Crippen LogP contribution in [0.25, 0.3) is 52.8 Å². The molecule has 0 saturated heterocycles. The van der Waals surface area contributed by atoms with Gasteiger partial charge in [0.05, 0.1) is 34.2 Å². The zero-order valence-electron chi connectivity index (χ0n) is 25.1. The maximum Gasteiger partial charge on any atom is 0.417 e. The van der Waals surface area contributed by atoms with Gasteiger partial charge in [-0.25, -0.2) is 0 Å². The van der Waals surface area contributed by atoms with E-state index in [1.807, 2.05) is 0 Å². The lowest BCUT2D eigenvalue weighted by Gasteiger charge is -2.42. The zero-order chi connectivity index (χ0) is 39.8. The second-order valence-electron chi connectivity index (χ2n) is 11.4. The molecular formula is C28H10F16N4S6. The van der Waals surface area contributed by atoms with Gasteiger partial charge in [-0.1, -0.05) is 51.0 Å². The molecule has 0 bridgehead atoms. The third-order valence-corrected chi connectivity index (χ3v) is 13.3. The third kappa shape index (κ3) is 6.99. The summed E-state index contributed by atoms with van der Waals surface area (Å²) in [5.74, 6) is 0. The second kappa shape index (κ2) is 10.6. The molecule has 1 aliphatic rings. The molecule has 0 radical (unpaired) electrons. The predicted octanol–water partition coefficient (Wildman–Crippen LogP) is 16.6. The maximum absolute atomic E-state index is 13.6. The van der Waals surface area contributed by atoms with Crippen molar-refractivity contribution in [3.8, 4) is 41.8 Å². The first-order valence-corrected chi connectivity index (χ1v) is 20.8. The number of benzene rings is 3. The fourth-order valence-corrected chi connectivity index (χ4v) is 10.5. The van der Waals surface area contributed by atoms with Gasteiger partial charge in [0.1, 0.15) is 32.2 Å². The van der Waals surface area contributed by atoms with Crippen LogP contribution in [0.4, 0.5) is 76.6 Å².